The molecule has 1 aromatic heterocycles. The molecule has 1 aliphatic heterocycles. The zero-order valence-corrected chi connectivity index (χ0v) is 16.5. The quantitative estimate of drug-likeness (QED) is 0.456. The summed E-state index contributed by atoms with van der Waals surface area (Å²) in [5.41, 5.74) is 1.85. The number of benzene rings is 1. The second-order valence-electron chi connectivity index (χ2n) is 7.05. The van der Waals surface area contributed by atoms with Crippen LogP contribution in [0.25, 0.3) is 0 Å². The molecule has 1 saturated heterocycles. The van der Waals surface area contributed by atoms with Crippen molar-refractivity contribution in [1.82, 2.24) is 14.8 Å². The molecular formula is C22H25N3O3. The first kappa shape index (κ1) is 19.6. The van der Waals surface area contributed by atoms with Crippen molar-refractivity contribution < 1.29 is 14.4 Å². The molecule has 1 atom stereocenters. The molecule has 0 saturated carbocycles. The minimum atomic E-state index is -1.13. The van der Waals surface area contributed by atoms with Crippen molar-refractivity contribution in [3.63, 3.8) is 0 Å². The number of Topliss-reactive ketones (excluding diaryl/α,β-unsaturated/α-hetero) is 1. The van der Waals surface area contributed by atoms with Crippen molar-refractivity contribution in [3.05, 3.63) is 71.6 Å². The molecule has 3 rings (SSSR count). The third kappa shape index (κ3) is 3.05. The van der Waals surface area contributed by atoms with Gasteiger partial charge in [0, 0.05) is 23.5 Å². The predicted molar refractivity (Wildman–Crippen MR) is 107 cm³/mol. The van der Waals surface area contributed by atoms with Gasteiger partial charge in [0.05, 0.1) is 6.54 Å². The molecule has 146 valence electrons. The summed E-state index contributed by atoms with van der Waals surface area (Å²) in [4.78, 5) is 39.7. The molecule has 6 nitrogen and oxygen atoms in total. The minimum absolute atomic E-state index is 0.258. The molecule has 2 heterocycles. The Hall–Kier alpha value is -3.15. The van der Waals surface area contributed by atoms with Crippen LogP contribution in [0.1, 0.15) is 40.7 Å². The fraction of sp³-hybridized carbons (Fsp3) is 0.318. The lowest BCUT2D eigenvalue weighted by atomic mass is 9.87. The van der Waals surface area contributed by atoms with Gasteiger partial charge in [-0.25, -0.2) is 4.79 Å². The summed E-state index contributed by atoms with van der Waals surface area (Å²) in [6.45, 7) is 9.67. The maximum absolute atomic E-state index is 13.2. The van der Waals surface area contributed by atoms with E-state index in [1.807, 2.05) is 55.7 Å². The highest BCUT2D eigenvalue weighted by molar-refractivity contribution is 6.11. The summed E-state index contributed by atoms with van der Waals surface area (Å²) in [6, 6.07) is 10.4. The SMILES string of the molecule is C=CCn1c(C)cc(C(=O)CN2C(=O)N[C@@](CC)(c3ccccc3)C2=O)c1C. The van der Waals surface area contributed by atoms with E-state index < -0.39 is 11.6 Å². The topological polar surface area (TPSA) is 71.4 Å². The van der Waals surface area contributed by atoms with E-state index in [4.69, 9.17) is 0 Å². The maximum atomic E-state index is 13.2. The highest BCUT2D eigenvalue weighted by atomic mass is 16.2. The van der Waals surface area contributed by atoms with Gasteiger partial charge in [0.25, 0.3) is 5.91 Å². The zero-order chi connectivity index (χ0) is 20.5. The molecule has 1 N–H and O–H groups in total. The third-order valence-electron chi connectivity index (χ3n) is 5.46. The first-order valence-electron chi connectivity index (χ1n) is 9.36. The Kier molecular flexibility index (Phi) is 5.23. The van der Waals surface area contributed by atoms with Crippen LogP contribution in [0.15, 0.2) is 49.1 Å². The lowest BCUT2D eigenvalue weighted by Gasteiger charge is -2.25. The number of carbonyl (C=O) groups is 3. The molecule has 0 spiro atoms. The fourth-order valence-corrected chi connectivity index (χ4v) is 3.85. The number of allylic oxidation sites excluding steroid dienone is 1. The number of urea groups is 1. The molecule has 28 heavy (non-hydrogen) atoms. The Morgan fingerprint density at radius 1 is 1.21 bits per heavy atom. The lowest BCUT2D eigenvalue weighted by Crippen LogP contribution is -2.43. The van der Waals surface area contributed by atoms with E-state index in [0.717, 1.165) is 21.9 Å². The van der Waals surface area contributed by atoms with E-state index in [1.165, 1.54) is 0 Å². The van der Waals surface area contributed by atoms with Crippen molar-refractivity contribution in [2.75, 3.05) is 6.54 Å². The maximum Gasteiger partial charge on any atom is 0.325 e. The Balaban J connectivity index is 1.88. The number of rotatable bonds is 7. The molecule has 0 unspecified atom stereocenters. The van der Waals surface area contributed by atoms with Crippen molar-refractivity contribution >= 4 is 17.7 Å². The first-order valence-corrected chi connectivity index (χ1v) is 9.36. The number of aromatic nitrogens is 1. The fourth-order valence-electron chi connectivity index (χ4n) is 3.85. The lowest BCUT2D eigenvalue weighted by molar-refractivity contribution is -0.131. The second-order valence-corrected chi connectivity index (χ2v) is 7.05. The van der Waals surface area contributed by atoms with Gasteiger partial charge in [0.1, 0.15) is 5.54 Å². The van der Waals surface area contributed by atoms with Gasteiger partial charge in [-0.1, -0.05) is 43.3 Å². The minimum Gasteiger partial charge on any atom is -0.345 e. The van der Waals surface area contributed by atoms with Crippen LogP contribution >= 0.6 is 0 Å². The summed E-state index contributed by atoms with van der Waals surface area (Å²) in [5, 5.41) is 2.81. The Labute approximate surface area is 164 Å². The molecule has 1 aromatic carbocycles. The van der Waals surface area contributed by atoms with Crippen LogP contribution in [-0.4, -0.2) is 33.7 Å². The Morgan fingerprint density at radius 2 is 1.89 bits per heavy atom. The van der Waals surface area contributed by atoms with Crippen molar-refractivity contribution in [1.29, 1.82) is 0 Å². The van der Waals surface area contributed by atoms with Crippen LogP contribution in [-0.2, 0) is 16.9 Å². The average Bonchev–Trinajstić information content (AvgIpc) is 3.11. The van der Waals surface area contributed by atoms with Gasteiger partial charge in [0.15, 0.2) is 5.78 Å². The van der Waals surface area contributed by atoms with E-state index in [0.29, 0.717) is 18.5 Å². The molecule has 1 fully saturated rings. The van der Waals surface area contributed by atoms with Gasteiger partial charge in [0.2, 0.25) is 0 Å². The first-order chi connectivity index (χ1) is 13.4. The largest absolute Gasteiger partial charge is 0.345 e. The highest BCUT2D eigenvalue weighted by Crippen LogP contribution is 2.32. The van der Waals surface area contributed by atoms with E-state index in [9.17, 15) is 14.4 Å². The number of hydrogen-bond acceptors (Lipinski definition) is 3. The molecule has 1 aliphatic rings. The summed E-state index contributed by atoms with van der Waals surface area (Å²) >= 11 is 0. The smallest absolute Gasteiger partial charge is 0.325 e. The summed E-state index contributed by atoms with van der Waals surface area (Å²) in [5.74, 6) is -0.647. The average molecular weight is 379 g/mol. The number of ketones is 1. The Morgan fingerprint density at radius 3 is 2.50 bits per heavy atom. The van der Waals surface area contributed by atoms with Gasteiger partial charge in [-0.05, 0) is 31.9 Å². The van der Waals surface area contributed by atoms with E-state index >= 15 is 0 Å². The number of aryl methyl sites for hydroxylation is 1. The molecule has 0 aliphatic carbocycles. The summed E-state index contributed by atoms with van der Waals surface area (Å²) in [6.07, 6.45) is 2.17. The normalized spacial score (nSPS) is 19.0. The third-order valence-corrected chi connectivity index (χ3v) is 5.46. The van der Waals surface area contributed by atoms with E-state index in [1.54, 1.807) is 12.1 Å². The molecule has 0 radical (unpaired) electrons. The standard InChI is InChI=1S/C22H25N3O3/c1-5-12-24-15(3)13-18(16(24)4)19(26)14-25-20(27)22(6-2,23-21(25)28)17-10-8-7-9-11-17/h5,7-11,13H,1,6,12,14H2,2-4H3,(H,23,28)/t22-/m0/s1. The van der Waals surface area contributed by atoms with Crippen LogP contribution < -0.4 is 5.32 Å². The number of amides is 3. The van der Waals surface area contributed by atoms with Gasteiger partial charge in [-0.3, -0.25) is 14.5 Å². The zero-order valence-electron chi connectivity index (χ0n) is 16.5. The summed E-state index contributed by atoms with van der Waals surface area (Å²) in [7, 11) is 0. The van der Waals surface area contributed by atoms with Crippen molar-refractivity contribution in [3.8, 4) is 0 Å². The molecule has 6 heteroatoms. The summed E-state index contributed by atoms with van der Waals surface area (Å²) < 4.78 is 1.98. The molecule has 3 amide bonds. The molecular weight excluding hydrogens is 354 g/mol. The second kappa shape index (κ2) is 7.46. The molecule has 2 aromatic rings. The monoisotopic (exact) mass is 379 g/mol. The number of nitrogens with one attached hydrogen (secondary N) is 1. The van der Waals surface area contributed by atoms with E-state index in [-0.39, 0.29) is 18.2 Å². The van der Waals surface area contributed by atoms with Crippen molar-refractivity contribution in [2.24, 2.45) is 0 Å². The van der Waals surface area contributed by atoms with E-state index in [2.05, 4.69) is 11.9 Å². The highest BCUT2D eigenvalue weighted by Gasteiger charge is 2.51. The van der Waals surface area contributed by atoms with Crippen LogP contribution in [0.4, 0.5) is 4.79 Å². The predicted octanol–water partition coefficient (Wildman–Crippen LogP) is 3.33. The van der Waals surface area contributed by atoms with Crippen LogP contribution in [0.2, 0.25) is 0 Å². The van der Waals surface area contributed by atoms with Gasteiger partial charge < -0.3 is 9.88 Å². The van der Waals surface area contributed by atoms with Crippen LogP contribution in [0.5, 0.6) is 0 Å². The molecule has 0 bridgehead atoms. The van der Waals surface area contributed by atoms with Crippen molar-refractivity contribution in [2.45, 2.75) is 39.3 Å². The van der Waals surface area contributed by atoms with Crippen LogP contribution in [0.3, 0.4) is 0 Å². The van der Waals surface area contributed by atoms with Gasteiger partial charge in [-0.2, -0.15) is 0 Å². The number of carbonyl (C=O) groups excluding carboxylic acids is 3. The number of nitrogens with zero attached hydrogens (tertiary/aromatic N) is 2. The van der Waals surface area contributed by atoms with Gasteiger partial charge in [-0.15, -0.1) is 6.58 Å². The number of hydrogen-bond donors (Lipinski definition) is 1. The Bertz CT molecular complexity index is 945. The number of imide groups is 1. The van der Waals surface area contributed by atoms with Crippen LogP contribution in [0, 0.1) is 13.8 Å². The van der Waals surface area contributed by atoms with Gasteiger partial charge >= 0.3 is 6.03 Å².